The van der Waals surface area contributed by atoms with Gasteiger partial charge < -0.3 is 11.5 Å². The first-order valence-corrected chi connectivity index (χ1v) is 5.73. The maximum atomic E-state index is 6.19. The molecule has 2 nitrogen and oxygen atoms in total. The molecule has 3 rings (SSSR count). The van der Waals surface area contributed by atoms with Gasteiger partial charge in [0.05, 0.1) is 0 Å². The molecule has 0 atom stereocenters. The van der Waals surface area contributed by atoms with Gasteiger partial charge in [0.1, 0.15) is 0 Å². The molecule has 13 heavy (non-hydrogen) atoms. The maximum Gasteiger partial charge on any atom is 0.0423 e. The molecule has 1 heterocycles. The molecule has 1 aromatic rings. The topological polar surface area (TPSA) is 52.0 Å². The van der Waals surface area contributed by atoms with E-state index in [0.717, 1.165) is 25.7 Å². The highest BCUT2D eigenvalue weighted by Crippen LogP contribution is 2.52. The number of thiophene rings is 1. The van der Waals surface area contributed by atoms with Gasteiger partial charge in [0.15, 0.2) is 0 Å². The van der Waals surface area contributed by atoms with Crippen LogP contribution in [0.25, 0.3) is 0 Å². The summed E-state index contributed by atoms with van der Waals surface area (Å²) in [7, 11) is 0. The lowest BCUT2D eigenvalue weighted by Gasteiger charge is -2.14. The van der Waals surface area contributed by atoms with E-state index in [-0.39, 0.29) is 11.1 Å². The second-order valence-corrected chi connectivity index (χ2v) is 5.25. The molecule has 2 saturated carbocycles. The van der Waals surface area contributed by atoms with Crippen LogP contribution in [0.3, 0.4) is 0 Å². The van der Waals surface area contributed by atoms with E-state index >= 15 is 0 Å². The van der Waals surface area contributed by atoms with E-state index in [9.17, 15) is 0 Å². The van der Waals surface area contributed by atoms with E-state index in [2.05, 4.69) is 10.8 Å². The molecule has 0 unspecified atom stereocenters. The molecular formula is C10H14N2S. The van der Waals surface area contributed by atoms with Gasteiger partial charge in [0.2, 0.25) is 0 Å². The van der Waals surface area contributed by atoms with Crippen molar-refractivity contribution in [1.29, 1.82) is 0 Å². The molecule has 0 amide bonds. The summed E-state index contributed by atoms with van der Waals surface area (Å²) in [4.78, 5) is 0. The summed E-state index contributed by atoms with van der Waals surface area (Å²) in [5.74, 6) is 0. The molecular weight excluding hydrogens is 180 g/mol. The van der Waals surface area contributed by atoms with Crippen LogP contribution in [-0.2, 0) is 11.1 Å². The van der Waals surface area contributed by atoms with E-state index in [1.165, 1.54) is 11.1 Å². The monoisotopic (exact) mass is 194 g/mol. The Hall–Kier alpha value is -0.380. The Morgan fingerprint density at radius 1 is 0.923 bits per heavy atom. The van der Waals surface area contributed by atoms with Crippen molar-refractivity contribution < 1.29 is 0 Å². The Balaban J connectivity index is 2.06. The first-order chi connectivity index (χ1) is 6.14. The predicted octanol–water partition coefficient (Wildman–Crippen LogP) is 1.64. The Bertz CT molecular complexity index is 315. The summed E-state index contributed by atoms with van der Waals surface area (Å²) in [6.45, 7) is 0. The summed E-state index contributed by atoms with van der Waals surface area (Å²) in [5, 5.41) is 4.38. The fraction of sp³-hybridized carbons (Fsp3) is 0.600. The zero-order valence-corrected chi connectivity index (χ0v) is 8.36. The van der Waals surface area contributed by atoms with Crippen LogP contribution in [0.5, 0.6) is 0 Å². The Morgan fingerprint density at radius 2 is 1.31 bits per heavy atom. The number of hydrogen-bond donors (Lipinski definition) is 2. The molecule has 0 aliphatic heterocycles. The predicted molar refractivity (Wildman–Crippen MR) is 54.5 cm³/mol. The van der Waals surface area contributed by atoms with Crippen LogP contribution in [0.2, 0.25) is 0 Å². The van der Waals surface area contributed by atoms with E-state index in [0.29, 0.717) is 0 Å². The lowest BCUT2D eigenvalue weighted by atomic mass is 9.98. The number of rotatable bonds is 2. The number of nitrogens with two attached hydrogens (primary N) is 2. The van der Waals surface area contributed by atoms with E-state index in [4.69, 9.17) is 11.5 Å². The highest BCUT2D eigenvalue weighted by Gasteiger charge is 2.48. The van der Waals surface area contributed by atoms with Gasteiger partial charge in [0, 0.05) is 11.1 Å². The first kappa shape index (κ1) is 7.97. The molecule has 2 aliphatic rings. The van der Waals surface area contributed by atoms with Crippen LogP contribution in [-0.4, -0.2) is 0 Å². The van der Waals surface area contributed by atoms with Crippen LogP contribution in [0, 0.1) is 0 Å². The molecule has 0 saturated heterocycles. The summed E-state index contributed by atoms with van der Waals surface area (Å²) < 4.78 is 0. The maximum absolute atomic E-state index is 6.19. The minimum Gasteiger partial charge on any atom is -0.321 e. The van der Waals surface area contributed by atoms with Gasteiger partial charge >= 0.3 is 0 Å². The van der Waals surface area contributed by atoms with Crippen LogP contribution in [0.15, 0.2) is 10.8 Å². The van der Waals surface area contributed by atoms with Crippen molar-refractivity contribution in [3.8, 4) is 0 Å². The van der Waals surface area contributed by atoms with Gasteiger partial charge in [0.25, 0.3) is 0 Å². The van der Waals surface area contributed by atoms with E-state index < -0.39 is 0 Å². The van der Waals surface area contributed by atoms with E-state index in [1.54, 1.807) is 11.3 Å². The highest BCUT2D eigenvalue weighted by molar-refractivity contribution is 7.08. The van der Waals surface area contributed by atoms with Gasteiger partial charge in [-0.25, -0.2) is 0 Å². The molecule has 0 radical (unpaired) electrons. The summed E-state index contributed by atoms with van der Waals surface area (Å²) in [6, 6.07) is 0. The average Bonchev–Trinajstić information content (AvgIpc) is 2.98. The van der Waals surface area contributed by atoms with Crippen molar-refractivity contribution in [3.63, 3.8) is 0 Å². The van der Waals surface area contributed by atoms with Gasteiger partial charge in [-0.3, -0.25) is 0 Å². The third-order valence-corrected chi connectivity index (χ3v) is 4.06. The Morgan fingerprint density at radius 3 is 1.62 bits per heavy atom. The van der Waals surface area contributed by atoms with Gasteiger partial charge in [-0.15, -0.1) is 0 Å². The first-order valence-electron chi connectivity index (χ1n) is 4.79. The smallest absolute Gasteiger partial charge is 0.0423 e. The second kappa shape index (κ2) is 2.16. The minimum absolute atomic E-state index is 0.00963. The van der Waals surface area contributed by atoms with Crippen molar-refractivity contribution in [2.24, 2.45) is 11.5 Å². The SMILES string of the molecule is NC1(c2cscc2C2(N)CC2)CC1. The number of hydrogen-bond acceptors (Lipinski definition) is 3. The molecule has 0 aromatic carbocycles. The third kappa shape index (κ3) is 1.08. The third-order valence-electron chi connectivity index (χ3n) is 3.31. The fourth-order valence-electron chi connectivity index (χ4n) is 1.88. The zero-order chi connectivity index (χ0) is 9.10. The lowest BCUT2D eigenvalue weighted by Crippen LogP contribution is -2.26. The standard InChI is InChI=1S/C10H14N2S/c11-9(1-2-9)7-5-13-6-8(7)10(12)3-4-10/h5-6H,1-4,11-12H2. The summed E-state index contributed by atoms with van der Waals surface area (Å²) in [6.07, 6.45) is 4.53. The molecule has 2 fully saturated rings. The van der Waals surface area contributed by atoms with Crippen LogP contribution in [0.1, 0.15) is 36.8 Å². The lowest BCUT2D eigenvalue weighted by molar-refractivity contribution is 0.675. The highest BCUT2D eigenvalue weighted by atomic mass is 32.1. The van der Waals surface area contributed by atoms with Crippen molar-refractivity contribution in [1.82, 2.24) is 0 Å². The van der Waals surface area contributed by atoms with Crippen molar-refractivity contribution in [2.45, 2.75) is 36.8 Å². The molecule has 2 aliphatic carbocycles. The fourth-order valence-corrected chi connectivity index (χ4v) is 2.94. The summed E-state index contributed by atoms with van der Waals surface area (Å²) >= 11 is 1.74. The molecule has 3 heteroatoms. The zero-order valence-electron chi connectivity index (χ0n) is 7.55. The van der Waals surface area contributed by atoms with Crippen LogP contribution < -0.4 is 11.5 Å². The second-order valence-electron chi connectivity index (χ2n) is 4.51. The van der Waals surface area contributed by atoms with Crippen molar-refractivity contribution in [2.75, 3.05) is 0 Å². The normalized spacial score (nSPS) is 27.2. The summed E-state index contributed by atoms with van der Waals surface area (Å²) in [5.41, 5.74) is 15.0. The van der Waals surface area contributed by atoms with Gasteiger partial charge in [-0.1, -0.05) is 0 Å². The molecule has 4 N–H and O–H groups in total. The van der Waals surface area contributed by atoms with Gasteiger partial charge in [-0.2, -0.15) is 11.3 Å². The Labute approximate surface area is 81.9 Å². The van der Waals surface area contributed by atoms with Crippen molar-refractivity contribution >= 4 is 11.3 Å². The van der Waals surface area contributed by atoms with E-state index in [1.807, 2.05) is 0 Å². The molecule has 1 aromatic heterocycles. The average molecular weight is 194 g/mol. The van der Waals surface area contributed by atoms with Crippen LogP contribution >= 0.6 is 11.3 Å². The van der Waals surface area contributed by atoms with Gasteiger partial charge in [-0.05, 0) is 47.6 Å². The molecule has 70 valence electrons. The molecule has 0 bridgehead atoms. The van der Waals surface area contributed by atoms with Crippen molar-refractivity contribution in [3.05, 3.63) is 21.9 Å². The largest absolute Gasteiger partial charge is 0.321 e. The minimum atomic E-state index is -0.00963. The molecule has 0 spiro atoms. The Kier molecular flexibility index (Phi) is 1.33. The van der Waals surface area contributed by atoms with Crippen LogP contribution in [0.4, 0.5) is 0 Å². The quantitative estimate of drug-likeness (QED) is 0.752.